The number of hydrogen-bond donors (Lipinski definition) is 0. The zero-order chi connectivity index (χ0) is 46.6. The highest BCUT2D eigenvalue weighted by Crippen LogP contribution is 2.46. The largest absolute Gasteiger partial charge is 0.310 e. The third-order valence-electron chi connectivity index (χ3n) is 13.1. The lowest BCUT2D eigenvalue weighted by molar-refractivity contribution is 1.18. The van der Waals surface area contributed by atoms with Crippen LogP contribution in [0.15, 0.2) is 291 Å². The van der Waals surface area contributed by atoms with E-state index in [2.05, 4.69) is 310 Å². The molecule has 0 aliphatic carbocycles. The van der Waals surface area contributed by atoms with E-state index < -0.39 is 0 Å². The van der Waals surface area contributed by atoms with E-state index in [1.54, 1.807) is 0 Å². The molecule has 0 bridgehead atoms. The predicted octanol–water partition coefficient (Wildman–Crippen LogP) is 18.5. The van der Waals surface area contributed by atoms with E-state index in [1.807, 2.05) is 0 Å². The molecule has 11 aromatic carbocycles. The molecule has 12 aromatic rings. The molecular formula is C66H48N4. The molecular weight excluding hydrogens is 849 g/mol. The van der Waals surface area contributed by atoms with Gasteiger partial charge in [0.1, 0.15) is 0 Å². The van der Waals surface area contributed by atoms with E-state index in [4.69, 9.17) is 0 Å². The van der Waals surface area contributed by atoms with Crippen molar-refractivity contribution in [3.63, 3.8) is 0 Å². The number of aromatic nitrogens is 1. The molecule has 1 aromatic heterocycles. The van der Waals surface area contributed by atoms with Crippen LogP contribution in [0.4, 0.5) is 51.2 Å². The zero-order valence-electron chi connectivity index (χ0n) is 38.5. The molecule has 0 fully saturated rings. The normalized spacial score (nSPS) is 11.1. The summed E-state index contributed by atoms with van der Waals surface area (Å²) in [6.07, 6.45) is 0. The molecule has 0 N–H and O–H groups in total. The first-order valence-electron chi connectivity index (χ1n) is 23.8. The van der Waals surface area contributed by atoms with E-state index in [-0.39, 0.29) is 0 Å². The van der Waals surface area contributed by atoms with Crippen molar-refractivity contribution in [2.45, 2.75) is 0 Å². The Hall–Kier alpha value is -9.38. The summed E-state index contributed by atoms with van der Waals surface area (Å²) in [7, 11) is 0. The van der Waals surface area contributed by atoms with Gasteiger partial charge in [-0.3, -0.25) is 0 Å². The standard InChI is InChI=1S/C66H48N4/c1-7-24-49(25-8-1)60-41-23-42-61(50-26-9-2-10-27-50)66(60)70-64-43-20-19-40-62(64)63-48-59(44-45-65(63)70)69(57-38-21-36-55(46-57)67(51-28-11-3-12-29-51)52-30-13-4-14-31-52)58-39-22-37-56(47-58)68(53-32-15-5-16-33-53)54-34-17-6-18-35-54/h1-48H. The summed E-state index contributed by atoms with van der Waals surface area (Å²) in [6.45, 7) is 0. The molecule has 0 aliphatic rings. The Morgan fingerprint density at radius 1 is 0.214 bits per heavy atom. The first-order chi connectivity index (χ1) is 34.8. The molecule has 0 atom stereocenters. The van der Waals surface area contributed by atoms with Crippen molar-refractivity contribution in [2.24, 2.45) is 0 Å². The number of para-hydroxylation sites is 6. The van der Waals surface area contributed by atoms with Crippen molar-refractivity contribution in [3.05, 3.63) is 291 Å². The first kappa shape index (κ1) is 42.0. The Kier molecular flexibility index (Phi) is 11.2. The molecule has 0 radical (unpaired) electrons. The lowest BCUT2D eigenvalue weighted by atomic mass is 9.95. The second kappa shape index (κ2) is 18.7. The van der Waals surface area contributed by atoms with Gasteiger partial charge in [0, 0.05) is 73.1 Å². The maximum absolute atomic E-state index is 2.49. The van der Waals surface area contributed by atoms with E-state index in [0.717, 1.165) is 73.3 Å². The minimum absolute atomic E-state index is 1.03. The highest BCUT2D eigenvalue weighted by atomic mass is 15.2. The summed E-state index contributed by atoms with van der Waals surface area (Å²) in [5, 5.41) is 2.35. The molecule has 0 unspecified atom stereocenters. The molecule has 0 saturated carbocycles. The molecule has 0 amide bonds. The number of hydrogen-bond acceptors (Lipinski definition) is 3. The van der Waals surface area contributed by atoms with Crippen LogP contribution in [0.1, 0.15) is 0 Å². The molecule has 4 heteroatoms. The molecule has 332 valence electrons. The highest BCUT2D eigenvalue weighted by molar-refractivity contribution is 6.12. The minimum atomic E-state index is 1.03. The summed E-state index contributed by atoms with van der Waals surface area (Å²) < 4.78 is 2.49. The van der Waals surface area contributed by atoms with Crippen LogP contribution in [0.3, 0.4) is 0 Å². The van der Waals surface area contributed by atoms with Crippen LogP contribution in [-0.2, 0) is 0 Å². The molecule has 12 rings (SSSR count). The average molecular weight is 897 g/mol. The van der Waals surface area contributed by atoms with E-state index in [1.165, 1.54) is 27.6 Å². The monoisotopic (exact) mass is 896 g/mol. The lowest BCUT2D eigenvalue weighted by Crippen LogP contribution is -2.14. The smallest absolute Gasteiger partial charge is 0.0618 e. The fraction of sp³-hybridized carbons (Fsp3) is 0. The van der Waals surface area contributed by atoms with Gasteiger partial charge < -0.3 is 19.3 Å². The van der Waals surface area contributed by atoms with Gasteiger partial charge in [-0.25, -0.2) is 0 Å². The van der Waals surface area contributed by atoms with Gasteiger partial charge in [-0.2, -0.15) is 0 Å². The van der Waals surface area contributed by atoms with Gasteiger partial charge >= 0.3 is 0 Å². The fourth-order valence-electron chi connectivity index (χ4n) is 10.0. The Morgan fingerprint density at radius 3 is 0.957 bits per heavy atom. The topological polar surface area (TPSA) is 14.7 Å². The zero-order valence-corrected chi connectivity index (χ0v) is 38.5. The van der Waals surface area contributed by atoms with Crippen LogP contribution < -0.4 is 14.7 Å². The Labute approximate surface area is 409 Å². The van der Waals surface area contributed by atoms with Gasteiger partial charge in [0.25, 0.3) is 0 Å². The third-order valence-corrected chi connectivity index (χ3v) is 13.1. The summed E-state index contributed by atoms with van der Waals surface area (Å²) in [5.41, 5.74) is 17.7. The van der Waals surface area contributed by atoms with Crippen LogP contribution in [0.2, 0.25) is 0 Å². The summed E-state index contributed by atoms with van der Waals surface area (Å²) >= 11 is 0. The Balaban J connectivity index is 1.09. The van der Waals surface area contributed by atoms with Crippen LogP contribution in [0, 0.1) is 0 Å². The predicted molar refractivity (Wildman–Crippen MR) is 296 cm³/mol. The molecule has 1 heterocycles. The molecule has 0 spiro atoms. The lowest BCUT2D eigenvalue weighted by Gasteiger charge is -2.31. The third kappa shape index (κ3) is 7.93. The summed E-state index contributed by atoms with van der Waals surface area (Å²) in [6, 6.07) is 104. The number of benzene rings is 11. The molecule has 70 heavy (non-hydrogen) atoms. The minimum Gasteiger partial charge on any atom is -0.310 e. The van der Waals surface area contributed by atoms with Crippen LogP contribution in [-0.4, -0.2) is 4.57 Å². The number of nitrogens with zero attached hydrogens (tertiary/aromatic N) is 4. The van der Waals surface area contributed by atoms with E-state index >= 15 is 0 Å². The van der Waals surface area contributed by atoms with Crippen molar-refractivity contribution in [3.8, 4) is 27.9 Å². The Morgan fingerprint density at radius 2 is 0.529 bits per heavy atom. The van der Waals surface area contributed by atoms with E-state index in [0.29, 0.717) is 0 Å². The maximum atomic E-state index is 2.49. The highest BCUT2D eigenvalue weighted by Gasteiger charge is 2.23. The molecule has 0 saturated heterocycles. The maximum Gasteiger partial charge on any atom is 0.0618 e. The van der Waals surface area contributed by atoms with Crippen LogP contribution in [0.25, 0.3) is 49.7 Å². The van der Waals surface area contributed by atoms with Crippen molar-refractivity contribution >= 4 is 73.0 Å². The number of fused-ring (bicyclic) bond motifs is 3. The van der Waals surface area contributed by atoms with Crippen LogP contribution >= 0.6 is 0 Å². The second-order valence-electron chi connectivity index (χ2n) is 17.4. The SMILES string of the molecule is c1ccc(-c2cccc(-c3ccccc3)c2-n2c3ccccc3c3cc(N(c4cccc(N(c5ccccc5)c5ccccc5)c4)c4cccc(N(c5ccccc5)c5ccccc5)c4)ccc32)cc1. The van der Waals surface area contributed by atoms with Gasteiger partial charge in [-0.1, -0.05) is 182 Å². The second-order valence-corrected chi connectivity index (χ2v) is 17.4. The van der Waals surface area contributed by atoms with Crippen molar-refractivity contribution in [2.75, 3.05) is 14.7 Å². The average Bonchev–Trinajstić information content (AvgIpc) is 3.76. The van der Waals surface area contributed by atoms with Gasteiger partial charge in [-0.05, 0) is 120 Å². The van der Waals surface area contributed by atoms with Crippen molar-refractivity contribution in [1.82, 2.24) is 4.57 Å². The molecule has 4 nitrogen and oxygen atoms in total. The van der Waals surface area contributed by atoms with E-state index in [9.17, 15) is 0 Å². The number of rotatable bonds is 12. The summed E-state index contributed by atoms with van der Waals surface area (Å²) in [5.74, 6) is 0. The van der Waals surface area contributed by atoms with Crippen LogP contribution in [0.5, 0.6) is 0 Å². The van der Waals surface area contributed by atoms with Crippen molar-refractivity contribution < 1.29 is 0 Å². The fourth-order valence-corrected chi connectivity index (χ4v) is 10.0. The summed E-state index contributed by atoms with van der Waals surface area (Å²) in [4.78, 5) is 7.07. The van der Waals surface area contributed by atoms with Gasteiger partial charge in [0.05, 0.1) is 16.7 Å². The molecule has 0 aliphatic heterocycles. The van der Waals surface area contributed by atoms with Gasteiger partial charge in [0.15, 0.2) is 0 Å². The quantitative estimate of drug-likeness (QED) is 0.121. The van der Waals surface area contributed by atoms with Gasteiger partial charge in [0.2, 0.25) is 0 Å². The number of anilines is 9. The Bertz CT molecular complexity index is 3440. The first-order valence-corrected chi connectivity index (χ1v) is 23.8. The van der Waals surface area contributed by atoms with Gasteiger partial charge in [-0.15, -0.1) is 0 Å². The van der Waals surface area contributed by atoms with Crippen molar-refractivity contribution in [1.29, 1.82) is 0 Å².